The van der Waals surface area contributed by atoms with Crippen LogP contribution in [0.1, 0.15) is 37.6 Å². The summed E-state index contributed by atoms with van der Waals surface area (Å²) in [6.45, 7) is 8.51. The van der Waals surface area contributed by atoms with Crippen molar-refractivity contribution in [2.24, 2.45) is 5.92 Å². The van der Waals surface area contributed by atoms with E-state index in [1.807, 2.05) is 24.3 Å². The molecule has 3 rings (SSSR count). The van der Waals surface area contributed by atoms with Gasteiger partial charge in [0.2, 0.25) is 10.0 Å². The van der Waals surface area contributed by atoms with Gasteiger partial charge in [0.1, 0.15) is 4.90 Å². The molecule has 0 spiro atoms. The highest BCUT2D eigenvalue weighted by molar-refractivity contribution is 7.89. The van der Waals surface area contributed by atoms with Crippen molar-refractivity contribution in [3.8, 4) is 0 Å². The molecule has 2 aromatic carbocycles. The van der Waals surface area contributed by atoms with Crippen LogP contribution in [0.25, 0.3) is 0 Å². The zero-order valence-electron chi connectivity index (χ0n) is 17.6. The first-order valence-electron chi connectivity index (χ1n) is 10.2. The van der Waals surface area contributed by atoms with Crippen molar-refractivity contribution in [3.63, 3.8) is 0 Å². The van der Waals surface area contributed by atoms with Gasteiger partial charge in [0, 0.05) is 43.1 Å². The summed E-state index contributed by atoms with van der Waals surface area (Å²) in [5, 5.41) is 2.93. The summed E-state index contributed by atoms with van der Waals surface area (Å²) in [7, 11) is -3.76. The van der Waals surface area contributed by atoms with Gasteiger partial charge in [-0.1, -0.05) is 32.4 Å². The highest BCUT2D eigenvalue weighted by atomic mass is 35.5. The number of rotatable bonds is 7. The standard InChI is InChI=1S/C22H28ClN3O3S/c1-4-26(5-2)30(28,29)21-14-17(6-11-20(21)23)22(27)24-18-7-9-19(10-8-18)25-13-12-16(3)15-25/h6-11,14,16H,4-5,12-13,15H2,1-3H3,(H,24,27). The Morgan fingerprint density at radius 1 is 1.17 bits per heavy atom. The molecule has 1 fully saturated rings. The number of hydrogen-bond acceptors (Lipinski definition) is 4. The third-order valence-corrected chi connectivity index (χ3v) is 7.96. The minimum Gasteiger partial charge on any atom is -0.371 e. The summed E-state index contributed by atoms with van der Waals surface area (Å²) >= 11 is 6.15. The van der Waals surface area contributed by atoms with Crippen LogP contribution >= 0.6 is 11.6 Å². The molecule has 1 N–H and O–H groups in total. The molecular weight excluding hydrogens is 422 g/mol. The summed E-state index contributed by atoms with van der Waals surface area (Å²) < 4.78 is 27.0. The van der Waals surface area contributed by atoms with Gasteiger partial charge in [0.25, 0.3) is 5.91 Å². The number of carbonyl (C=O) groups is 1. The fourth-order valence-corrected chi connectivity index (χ4v) is 5.63. The maximum absolute atomic E-state index is 12.8. The van der Waals surface area contributed by atoms with Crippen LogP contribution in [0.3, 0.4) is 0 Å². The Balaban J connectivity index is 1.77. The third-order valence-electron chi connectivity index (χ3n) is 5.43. The van der Waals surface area contributed by atoms with Crippen LogP contribution in [0, 0.1) is 5.92 Å². The SMILES string of the molecule is CCN(CC)S(=O)(=O)c1cc(C(=O)Nc2ccc(N3CCC(C)C3)cc2)ccc1Cl. The minimum absolute atomic E-state index is 0.0565. The minimum atomic E-state index is -3.76. The third kappa shape index (κ3) is 4.79. The number of carbonyl (C=O) groups excluding carboxylic acids is 1. The predicted molar refractivity (Wildman–Crippen MR) is 122 cm³/mol. The number of anilines is 2. The van der Waals surface area contributed by atoms with E-state index in [1.54, 1.807) is 13.8 Å². The first-order valence-corrected chi connectivity index (χ1v) is 12.0. The molecule has 1 unspecified atom stereocenters. The maximum atomic E-state index is 12.8. The van der Waals surface area contributed by atoms with Gasteiger partial charge in [0.05, 0.1) is 5.02 Å². The summed E-state index contributed by atoms with van der Waals surface area (Å²) in [4.78, 5) is 15.0. The number of benzene rings is 2. The Bertz CT molecular complexity index is 1000. The molecule has 8 heteroatoms. The lowest BCUT2D eigenvalue weighted by atomic mass is 10.2. The summed E-state index contributed by atoms with van der Waals surface area (Å²) in [5.41, 5.74) is 2.03. The van der Waals surface area contributed by atoms with Crippen LogP contribution < -0.4 is 10.2 Å². The lowest BCUT2D eigenvalue weighted by Crippen LogP contribution is -2.31. The van der Waals surface area contributed by atoms with E-state index in [4.69, 9.17) is 11.6 Å². The lowest BCUT2D eigenvalue weighted by molar-refractivity contribution is 0.102. The van der Waals surface area contributed by atoms with E-state index in [1.165, 1.54) is 28.9 Å². The van der Waals surface area contributed by atoms with Crippen molar-refractivity contribution in [3.05, 3.63) is 53.1 Å². The first-order chi connectivity index (χ1) is 14.3. The first kappa shape index (κ1) is 22.6. The number of sulfonamides is 1. The van der Waals surface area contributed by atoms with Gasteiger partial charge < -0.3 is 10.2 Å². The van der Waals surface area contributed by atoms with Gasteiger partial charge in [-0.15, -0.1) is 0 Å². The van der Waals surface area contributed by atoms with Crippen LogP contribution in [0.2, 0.25) is 5.02 Å². The average molecular weight is 450 g/mol. The van der Waals surface area contributed by atoms with Gasteiger partial charge in [0.15, 0.2) is 0 Å². The molecule has 0 saturated carbocycles. The Kier molecular flexibility index (Phi) is 7.06. The molecule has 0 bridgehead atoms. The molecule has 2 aromatic rings. The highest BCUT2D eigenvalue weighted by Gasteiger charge is 2.25. The van der Waals surface area contributed by atoms with Crippen molar-refractivity contribution in [2.45, 2.75) is 32.1 Å². The van der Waals surface area contributed by atoms with Crippen molar-refractivity contribution in [1.82, 2.24) is 4.31 Å². The topological polar surface area (TPSA) is 69.7 Å². The lowest BCUT2D eigenvalue weighted by Gasteiger charge is -2.20. The second-order valence-electron chi connectivity index (χ2n) is 7.58. The van der Waals surface area contributed by atoms with E-state index in [2.05, 4.69) is 17.1 Å². The number of nitrogens with zero attached hydrogens (tertiary/aromatic N) is 2. The van der Waals surface area contributed by atoms with Crippen LogP contribution in [0.4, 0.5) is 11.4 Å². The second-order valence-corrected chi connectivity index (χ2v) is 9.89. The average Bonchev–Trinajstić information content (AvgIpc) is 3.15. The van der Waals surface area contributed by atoms with Gasteiger partial charge in [-0.2, -0.15) is 4.31 Å². The maximum Gasteiger partial charge on any atom is 0.255 e. The Hall–Kier alpha value is -2.09. The summed E-state index contributed by atoms with van der Waals surface area (Å²) in [6, 6.07) is 12.0. The molecule has 0 radical (unpaired) electrons. The molecule has 1 atom stereocenters. The van der Waals surface area contributed by atoms with Crippen molar-refractivity contribution >= 4 is 38.9 Å². The zero-order valence-corrected chi connectivity index (χ0v) is 19.1. The van der Waals surface area contributed by atoms with E-state index in [0.717, 1.165) is 18.8 Å². The van der Waals surface area contributed by atoms with Crippen molar-refractivity contribution in [1.29, 1.82) is 0 Å². The fourth-order valence-electron chi connectivity index (χ4n) is 3.67. The van der Waals surface area contributed by atoms with Crippen LogP contribution in [0.15, 0.2) is 47.4 Å². The molecule has 0 aromatic heterocycles. The van der Waals surface area contributed by atoms with Crippen LogP contribution in [0.5, 0.6) is 0 Å². The Labute approximate surface area is 183 Å². The fraction of sp³-hybridized carbons (Fsp3) is 0.409. The number of nitrogens with one attached hydrogen (secondary N) is 1. The van der Waals surface area contributed by atoms with Gasteiger partial charge in [-0.05, 0) is 54.8 Å². The Morgan fingerprint density at radius 2 is 1.83 bits per heavy atom. The van der Waals surface area contributed by atoms with Gasteiger partial charge in [-0.3, -0.25) is 4.79 Å². The largest absolute Gasteiger partial charge is 0.371 e. The summed E-state index contributed by atoms with van der Waals surface area (Å²) in [6.07, 6.45) is 1.19. The van der Waals surface area contributed by atoms with E-state index >= 15 is 0 Å². The van der Waals surface area contributed by atoms with E-state index in [-0.39, 0.29) is 21.4 Å². The van der Waals surface area contributed by atoms with Crippen molar-refractivity contribution < 1.29 is 13.2 Å². The van der Waals surface area contributed by atoms with Crippen molar-refractivity contribution in [2.75, 3.05) is 36.4 Å². The smallest absolute Gasteiger partial charge is 0.255 e. The molecule has 1 saturated heterocycles. The van der Waals surface area contributed by atoms with Crippen LogP contribution in [-0.4, -0.2) is 44.8 Å². The normalized spacial score (nSPS) is 16.8. The van der Waals surface area contributed by atoms with Crippen LogP contribution in [-0.2, 0) is 10.0 Å². The number of hydrogen-bond donors (Lipinski definition) is 1. The monoisotopic (exact) mass is 449 g/mol. The number of amides is 1. The quantitative estimate of drug-likeness (QED) is 0.677. The predicted octanol–water partition coefficient (Wildman–Crippen LogP) is 4.47. The van der Waals surface area contributed by atoms with Gasteiger partial charge in [-0.25, -0.2) is 8.42 Å². The second kappa shape index (κ2) is 9.37. The molecule has 6 nitrogen and oxygen atoms in total. The van der Waals surface area contributed by atoms with Gasteiger partial charge >= 0.3 is 0 Å². The molecule has 30 heavy (non-hydrogen) atoms. The molecule has 0 aliphatic carbocycles. The molecular formula is C22H28ClN3O3S. The number of halogens is 1. The van der Waals surface area contributed by atoms with E-state index < -0.39 is 10.0 Å². The molecule has 1 heterocycles. The van der Waals surface area contributed by atoms with E-state index in [9.17, 15) is 13.2 Å². The van der Waals surface area contributed by atoms with E-state index in [0.29, 0.717) is 24.7 Å². The molecule has 1 aliphatic heterocycles. The molecule has 1 aliphatic rings. The summed E-state index contributed by atoms with van der Waals surface area (Å²) in [5.74, 6) is 0.307. The Morgan fingerprint density at radius 3 is 2.40 bits per heavy atom. The molecule has 162 valence electrons. The zero-order chi connectivity index (χ0) is 21.9. The molecule has 1 amide bonds. The highest BCUT2D eigenvalue weighted by Crippen LogP contribution is 2.27.